The molecule has 0 bridgehead atoms. The van der Waals surface area contributed by atoms with Crippen molar-refractivity contribution in [2.24, 2.45) is 0 Å². The average molecular weight is 422 g/mol. The molecule has 1 saturated heterocycles. The van der Waals surface area contributed by atoms with Gasteiger partial charge in [0.1, 0.15) is 0 Å². The molecule has 3 heterocycles. The summed E-state index contributed by atoms with van der Waals surface area (Å²) in [6.07, 6.45) is 0.349. The quantitative estimate of drug-likeness (QED) is 0.641. The van der Waals surface area contributed by atoms with E-state index in [2.05, 4.69) is 37.4 Å². The van der Waals surface area contributed by atoms with Crippen molar-refractivity contribution in [2.45, 2.75) is 26.7 Å². The zero-order valence-corrected chi connectivity index (χ0v) is 17.9. The molecule has 31 heavy (non-hydrogen) atoms. The predicted molar refractivity (Wildman–Crippen MR) is 117 cm³/mol. The fraction of sp³-hybridized carbons (Fsp3) is 0.409. The number of amides is 2. The largest absolute Gasteiger partial charge is 0.368 e. The molecule has 1 aromatic carbocycles. The lowest BCUT2D eigenvalue weighted by molar-refractivity contribution is -0.131. The van der Waals surface area contributed by atoms with E-state index in [0.29, 0.717) is 31.2 Å². The zero-order chi connectivity index (χ0) is 21.8. The van der Waals surface area contributed by atoms with E-state index in [0.717, 1.165) is 24.5 Å². The molecule has 162 valence electrons. The van der Waals surface area contributed by atoms with Gasteiger partial charge >= 0.3 is 0 Å². The van der Waals surface area contributed by atoms with Gasteiger partial charge in [-0.2, -0.15) is 4.98 Å². The van der Waals surface area contributed by atoms with E-state index in [4.69, 9.17) is 0 Å². The number of nitrogens with one attached hydrogen (secondary N) is 1. The maximum atomic E-state index is 12.5. The maximum Gasteiger partial charge on any atom is 0.252 e. The van der Waals surface area contributed by atoms with E-state index in [-0.39, 0.29) is 24.7 Å². The number of hydrogen-bond acceptors (Lipinski definition) is 6. The van der Waals surface area contributed by atoms with Crippen LogP contribution in [-0.2, 0) is 16.0 Å². The lowest BCUT2D eigenvalue weighted by atomic mass is 10.2. The van der Waals surface area contributed by atoms with Crippen molar-refractivity contribution in [3.05, 3.63) is 53.6 Å². The molecule has 1 aliphatic rings. The van der Waals surface area contributed by atoms with E-state index in [1.54, 1.807) is 4.52 Å². The van der Waals surface area contributed by atoms with Gasteiger partial charge < -0.3 is 15.1 Å². The van der Waals surface area contributed by atoms with Crippen LogP contribution in [0, 0.1) is 13.8 Å². The average Bonchev–Trinajstić information content (AvgIpc) is 3.17. The number of para-hydroxylation sites is 1. The van der Waals surface area contributed by atoms with Gasteiger partial charge in [-0.3, -0.25) is 9.59 Å². The van der Waals surface area contributed by atoms with Crippen LogP contribution in [0.3, 0.4) is 0 Å². The van der Waals surface area contributed by atoms with E-state index in [9.17, 15) is 9.59 Å². The molecule has 0 radical (unpaired) electrons. The Labute approximate surface area is 181 Å². The smallest absolute Gasteiger partial charge is 0.252 e. The lowest BCUT2D eigenvalue weighted by Crippen LogP contribution is -2.49. The minimum Gasteiger partial charge on any atom is -0.368 e. The van der Waals surface area contributed by atoms with Crippen molar-refractivity contribution in [1.82, 2.24) is 29.8 Å². The molecule has 9 heteroatoms. The summed E-state index contributed by atoms with van der Waals surface area (Å²) < 4.78 is 1.63. The predicted octanol–water partition coefficient (Wildman–Crippen LogP) is 1.14. The van der Waals surface area contributed by atoms with Gasteiger partial charge in [0.05, 0.1) is 6.42 Å². The summed E-state index contributed by atoms with van der Waals surface area (Å²) in [7, 11) is 0. The molecule has 0 unspecified atom stereocenters. The highest BCUT2D eigenvalue weighted by Gasteiger charge is 2.21. The second-order valence-electron chi connectivity index (χ2n) is 7.76. The first-order valence-electron chi connectivity index (χ1n) is 10.5. The minimum absolute atomic E-state index is 0.0613. The summed E-state index contributed by atoms with van der Waals surface area (Å²) in [5.74, 6) is 0.772. The Balaban J connectivity index is 1.21. The number of benzene rings is 1. The van der Waals surface area contributed by atoms with Gasteiger partial charge in [0.2, 0.25) is 11.8 Å². The van der Waals surface area contributed by atoms with Gasteiger partial charge in [-0.1, -0.05) is 18.2 Å². The van der Waals surface area contributed by atoms with Crippen LogP contribution in [0.5, 0.6) is 0 Å². The Bertz CT molecular complexity index is 1070. The number of aromatic nitrogens is 4. The number of rotatable bonds is 6. The number of aryl methyl sites for hydroxylation is 2. The molecule has 0 aliphatic carbocycles. The van der Waals surface area contributed by atoms with Gasteiger partial charge in [-0.25, -0.2) is 9.50 Å². The third-order valence-corrected chi connectivity index (χ3v) is 5.40. The summed E-state index contributed by atoms with van der Waals surface area (Å²) in [4.78, 5) is 37.5. The molecule has 0 spiro atoms. The first-order valence-corrected chi connectivity index (χ1v) is 10.5. The van der Waals surface area contributed by atoms with Crippen LogP contribution in [0.4, 0.5) is 5.69 Å². The van der Waals surface area contributed by atoms with E-state index >= 15 is 0 Å². The second kappa shape index (κ2) is 9.11. The van der Waals surface area contributed by atoms with E-state index in [1.165, 1.54) is 5.69 Å². The van der Waals surface area contributed by atoms with Crippen molar-refractivity contribution < 1.29 is 9.59 Å². The van der Waals surface area contributed by atoms with Crippen molar-refractivity contribution in [2.75, 3.05) is 37.6 Å². The normalized spacial score (nSPS) is 14.1. The van der Waals surface area contributed by atoms with Crippen molar-refractivity contribution in [1.29, 1.82) is 0 Å². The fourth-order valence-electron chi connectivity index (χ4n) is 3.81. The highest BCUT2D eigenvalue weighted by molar-refractivity contribution is 5.80. The summed E-state index contributed by atoms with van der Waals surface area (Å²) in [5.41, 5.74) is 2.96. The number of carbonyl (C=O) groups excluding carboxylic acids is 2. The zero-order valence-electron chi connectivity index (χ0n) is 17.9. The molecule has 1 aliphatic heterocycles. The van der Waals surface area contributed by atoms with Crippen LogP contribution in [0.1, 0.15) is 23.6 Å². The monoisotopic (exact) mass is 421 g/mol. The third kappa shape index (κ3) is 4.99. The molecule has 2 aromatic heterocycles. The Morgan fingerprint density at radius 3 is 2.52 bits per heavy atom. The standard InChI is InChI=1S/C22H27N7O2/c1-16-14-17(2)29-22(24-16)25-19(26-29)15-20(30)23-9-8-21(31)28-12-10-27(11-13-28)18-6-4-3-5-7-18/h3-7,14H,8-13,15H2,1-2H3,(H,23,30). The summed E-state index contributed by atoms with van der Waals surface area (Å²) in [5, 5.41) is 7.14. The molecule has 3 aromatic rings. The van der Waals surface area contributed by atoms with Crippen LogP contribution in [-0.4, -0.2) is 69.0 Å². The third-order valence-electron chi connectivity index (χ3n) is 5.40. The minimum atomic E-state index is -0.202. The molecule has 0 saturated carbocycles. The molecule has 4 rings (SSSR count). The van der Waals surface area contributed by atoms with Crippen molar-refractivity contribution in [3.8, 4) is 0 Å². The molecule has 1 N–H and O–H groups in total. The molecule has 9 nitrogen and oxygen atoms in total. The first-order chi connectivity index (χ1) is 15.0. The molecule has 2 amide bonds. The summed E-state index contributed by atoms with van der Waals surface area (Å²) in [6.45, 7) is 7.14. The van der Waals surface area contributed by atoms with E-state index < -0.39 is 0 Å². The van der Waals surface area contributed by atoms with Gasteiger partial charge in [-0.15, -0.1) is 5.10 Å². The highest BCUT2D eigenvalue weighted by atomic mass is 16.2. The van der Waals surface area contributed by atoms with Crippen molar-refractivity contribution in [3.63, 3.8) is 0 Å². The second-order valence-corrected chi connectivity index (χ2v) is 7.76. The molecular formula is C22H27N7O2. The lowest BCUT2D eigenvalue weighted by Gasteiger charge is -2.36. The molecule has 1 fully saturated rings. The number of anilines is 1. The number of piperazine rings is 1. The van der Waals surface area contributed by atoms with Gasteiger partial charge in [0.25, 0.3) is 5.78 Å². The summed E-state index contributed by atoms with van der Waals surface area (Å²) in [6, 6.07) is 12.1. The van der Waals surface area contributed by atoms with E-state index in [1.807, 2.05) is 43.0 Å². The van der Waals surface area contributed by atoms with Gasteiger partial charge in [-0.05, 0) is 32.0 Å². The van der Waals surface area contributed by atoms with Crippen molar-refractivity contribution >= 4 is 23.3 Å². The first kappa shape index (κ1) is 20.8. The number of nitrogens with zero attached hydrogens (tertiary/aromatic N) is 6. The van der Waals surface area contributed by atoms with Crippen LogP contribution in [0.15, 0.2) is 36.4 Å². The Hall–Kier alpha value is -3.49. The van der Waals surface area contributed by atoms with Gasteiger partial charge in [0, 0.05) is 56.2 Å². The summed E-state index contributed by atoms with van der Waals surface area (Å²) >= 11 is 0. The number of carbonyl (C=O) groups is 2. The van der Waals surface area contributed by atoms with Crippen LogP contribution in [0.2, 0.25) is 0 Å². The molecule has 0 atom stereocenters. The number of fused-ring (bicyclic) bond motifs is 1. The van der Waals surface area contributed by atoms with Crippen LogP contribution >= 0.6 is 0 Å². The Kier molecular flexibility index (Phi) is 6.11. The SMILES string of the molecule is Cc1cc(C)n2nc(CC(=O)NCCC(=O)N3CCN(c4ccccc4)CC3)nc2n1. The highest BCUT2D eigenvalue weighted by Crippen LogP contribution is 2.15. The topological polar surface area (TPSA) is 95.7 Å². The number of hydrogen-bond donors (Lipinski definition) is 1. The fourth-order valence-corrected chi connectivity index (χ4v) is 3.81. The Morgan fingerprint density at radius 2 is 1.77 bits per heavy atom. The van der Waals surface area contributed by atoms with Crippen LogP contribution < -0.4 is 10.2 Å². The molecular weight excluding hydrogens is 394 g/mol. The maximum absolute atomic E-state index is 12.5. The van der Waals surface area contributed by atoms with Gasteiger partial charge in [0.15, 0.2) is 5.82 Å². The Morgan fingerprint density at radius 1 is 1.03 bits per heavy atom. The van der Waals surface area contributed by atoms with Crippen LogP contribution in [0.25, 0.3) is 5.78 Å².